The van der Waals surface area contributed by atoms with Crippen molar-refractivity contribution in [3.05, 3.63) is 81.9 Å². The lowest BCUT2D eigenvalue weighted by Crippen LogP contribution is -2.58. The Morgan fingerprint density at radius 3 is 1.73 bits per heavy atom. The van der Waals surface area contributed by atoms with Gasteiger partial charge in [0.2, 0.25) is 5.75 Å². The van der Waals surface area contributed by atoms with Crippen molar-refractivity contribution in [1.29, 1.82) is 0 Å². The molecule has 174 valence electrons. The van der Waals surface area contributed by atoms with E-state index in [1.54, 1.807) is 24.3 Å². The van der Waals surface area contributed by atoms with Gasteiger partial charge < -0.3 is 18.6 Å². The molecular formula is C23H23F2NO6Si. The molecule has 0 fully saturated rings. The number of methoxy groups -OCH3 is 3. The number of hydrogen-bond acceptors (Lipinski definition) is 6. The van der Waals surface area contributed by atoms with E-state index in [4.69, 9.17) is 18.6 Å². The molecular weight excluding hydrogens is 452 g/mol. The zero-order valence-electron chi connectivity index (χ0n) is 18.6. The second kappa shape index (κ2) is 9.97. The standard InChI is InChI=1S/C23H23F2NO6Si/c1-29-21-13-20(26(27)28)19(22(30-2)23(21)31-3)14-32-33(4,17-9-5-15(24)6-10-17)18-11-7-16(25)8-12-18/h5-13H,14H2,1-4H3. The third-order valence-corrected chi connectivity index (χ3v) is 8.99. The quantitative estimate of drug-likeness (QED) is 0.266. The molecule has 0 bridgehead atoms. The van der Waals surface area contributed by atoms with Crippen LogP contribution in [-0.2, 0) is 11.0 Å². The van der Waals surface area contributed by atoms with E-state index >= 15 is 0 Å². The Morgan fingerprint density at radius 1 is 0.848 bits per heavy atom. The van der Waals surface area contributed by atoms with Gasteiger partial charge in [-0.15, -0.1) is 0 Å². The number of benzene rings is 3. The predicted octanol–water partition coefficient (Wildman–Crippen LogP) is 3.81. The van der Waals surface area contributed by atoms with Crippen molar-refractivity contribution >= 4 is 24.4 Å². The first-order valence-corrected chi connectivity index (χ1v) is 12.3. The van der Waals surface area contributed by atoms with Gasteiger partial charge in [0.05, 0.1) is 38.9 Å². The van der Waals surface area contributed by atoms with Gasteiger partial charge in [-0.3, -0.25) is 10.1 Å². The summed E-state index contributed by atoms with van der Waals surface area (Å²) in [6.07, 6.45) is 0. The minimum atomic E-state index is -3.06. The van der Waals surface area contributed by atoms with E-state index in [0.717, 1.165) is 0 Å². The van der Waals surface area contributed by atoms with E-state index in [9.17, 15) is 18.9 Å². The molecule has 0 aromatic heterocycles. The van der Waals surface area contributed by atoms with Gasteiger partial charge in [-0.05, 0) is 41.2 Å². The number of nitrogens with zero attached hydrogens (tertiary/aromatic N) is 1. The summed E-state index contributed by atoms with van der Waals surface area (Å²) < 4.78 is 49.6. The number of halogens is 2. The summed E-state index contributed by atoms with van der Waals surface area (Å²) in [5.74, 6) is -0.381. The summed E-state index contributed by atoms with van der Waals surface area (Å²) >= 11 is 0. The Bertz CT molecular complexity index is 1090. The summed E-state index contributed by atoms with van der Waals surface area (Å²) in [6, 6.07) is 12.9. The molecule has 10 heteroatoms. The second-order valence-corrected chi connectivity index (χ2v) is 10.7. The van der Waals surface area contributed by atoms with Gasteiger partial charge in [0.1, 0.15) is 17.2 Å². The van der Waals surface area contributed by atoms with Crippen molar-refractivity contribution in [3.63, 3.8) is 0 Å². The summed E-state index contributed by atoms with van der Waals surface area (Å²) in [5.41, 5.74) is -0.109. The highest BCUT2D eigenvalue weighted by atomic mass is 28.4. The molecule has 3 rings (SSSR count). The first-order chi connectivity index (χ1) is 15.7. The molecule has 0 N–H and O–H groups in total. The molecule has 0 aliphatic heterocycles. The lowest BCUT2D eigenvalue weighted by Gasteiger charge is -2.29. The monoisotopic (exact) mass is 475 g/mol. The molecule has 0 unspecified atom stereocenters. The van der Waals surface area contributed by atoms with E-state index in [1.165, 1.54) is 51.7 Å². The highest BCUT2D eigenvalue weighted by Crippen LogP contribution is 2.45. The van der Waals surface area contributed by atoms with E-state index in [0.29, 0.717) is 10.4 Å². The largest absolute Gasteiger partial charge is 0.492 e. The van der Waals surface area contributed by atoms with Gasteiger partial charge in [0.25, 0.3) is 14.0 Å². The highest BCUT2D eigenvalue weighted by molar-refractivity contribution is 6.96. The molecule has 0 saturated carbocycles. The normalized spacial score (nSPS) is 11.2. The third kappa shape index (κ3) is 4.81. The first-order valence-electron chi connectivity index (χ1n) is 9.87. The van der Waals surface area contributed by atoms with Crippen molar-refractivity contribution < 1.29 is 32.3 Å². The molecule has 0 aliphatic rings. The second-order valence-electron chi connectivity index (χ2n) is 7.24. The van der Waals surface area contributed by atoms with E-state index < -0.39 is 24.9 Å². The van der Waals surface area contributed by atoms with Crippen LogP contribution in [0.5, 0.6) is 17.2 Å². The van der Waals surface area contributed by atoms with Crippen molar-refractivity contribution in [1.82, 2.24) is 0 Å². The van der Waals surface area contributed by atoms with Crippen LogP contribution in [0.2, 0.25) is 6.55 Å². The van der Waals surface area contributed by atoms with E-state index in [-0.39, 0.29) is 35.1 Å². The van der Waals surface area contributed by atoms with Crippen LogP contribution < -0.4 is 24.6 Å². The number of nitro benzene ring substituents is 1. The first kappa shape index (κ1) is 24.1. The summed E-state index contributed by atoms with van der Waals surface area (Å²) in [6.45, 7) is 1.64. The van der Waals surface area contributed by atoms with Gasteiger partial charge in [-0.2, -0.15) is 0 Å². The van der Waals surface area contributed by atoms with Crippen molar-refractivity contribution in [3.8, 4) is 17.2 Å². The SMILES string of the molecule is COc1cc([N+](=O)[O-])c(CO[Si](C)(c2ccc(F)cc2)c2ccc(F)cc2)c(OC)c1OC. The average molecular weight is 476 g/mol. The molecule has 3 aromatic carbocycles. The average Bonchev–Trinajstić information content (AvgIpc) is 2.82. The zero-order chi connectivity index (χ0) is 24.2. The number of nitro groups is 1. The van der Waals surface area contributed by atoms with Crippen LogP contribution in [-0.4, -0.2) is 34.6 Å². The zero-order valence-corrected chi connectivity index (χ0v) is 19.6. The topological polar surface area (TPSA) is 80.1 Å². The van der Waals surface area contributed by atoms with Crippen LogP contribution in [0.15, 0.2) is 54.6 Å². The lowest BCUT2D eigenvalue weighted by molar-refractivity contribution is -0.386. The van der Waals surface area contributed by atoms with E-state index in [1.807, 2.05) is 6.55 Å². The molecule has 0 radical (unpaired) electrons. The lowest BCUT2D eigenvalue weighted by atomic mass is 10.1. The Hall–Kier alpha value is -3.50. The number of hydrogen-bond donors (Lipinski definition) is 0. The highest BCUT2D eigenvalue weighted by Gasteiger charge is 2.36. The van der Waals surface area contributed by atoms with Crippen molar-refractivity contribution in [2.24, 2.45) is 0 Å². The fourth-order valence-electron chi connectivity index (χ4n) is 3.59. The molecule has 33 heavy (non-hydrogen) atoms. The Kier molecular flexibility index (Phi) is 7.29. The van der Waals surface area contributed by atoms with Crippen molar-refractivity contribution in [2.45, 2.75) is 13.2 Å². The van der Waals surface area contributed by atoms with Gasteiger partial charge in [0.15, 0.2) is 11.5 Å². The fourth-order valence-corrected chi connectivity index (χ4v) is 6.30. The van der Waals surface area contributed by atoms with Crippen LogP contribution in [0.4, 0.5) is 14.5 Å². The minimum Gasteiger partial charge on any atom is -0.492 e. The van der Waals surface area contributed by atoms with Crippen LogP contribution in [0.3, 0.4) is 0 Å². The molecule has 0 spiro atoms. The molecule has 0 heterocycles. The van der Waals surface area contributed by atoms with Crippen LogP contribution in [0.25, 0.3) is 0 Å². The maximum Gasteiger partial charge on any atom is 0.282 e. The molecule has 7 nitrogen and oxygen atoms in total. The number of ether oxygens (including phenoxy) is 3. The molecule has 0 amide bonds. The maximum absolute atomic E-state index is 13.6. The minimum absolute atomic E-state index is 0.109. The summed E-state index contributed by atoms with van der Waals surface area (Å²) in [7, 11) is 1.07. The molecule has 0 atom stereocenters. The third-order valence-electron chi connectivity index (χ3n) is 5.40. The Labute approximate surface area is 190 Å². The van der Waals surface area contributed by atoms with Crippen LogP contribution >= 0.6 is 0 Å². The number of rotatable bonds is 9. The van der Waals surface area contributed by atoms with Gasteiger partial charge in [0, 0.05) is 0 Å². The molecule has 3 aromatic rings. The van der Waals surface area contributed by atoms with Gasteiger partial charge in [-0.1, -0.05) is 24.3 Å². The summed E-state index contributed by atoms with van der Waals surface area (Å²) in [4.78, 5) is 11.3. The summed E-state index contributed by atoms with van der Waals surface area (Å²) in [5, 5.41) is 13.2. The smallest absolute Gasteiger partial charge is 0.282 e. The Morgan fingerprint density at radius 2 is 1.33 bits per heavy atom. The molecule has 0 aliphatic carbocycles. The fraction of sp³-hybridized carbons (Fsp3) is 0.217. The van der Waals surface area contributed by atoms with Crippen LogP contribution in [0, 0.1) is 21.7 Å². The predicted molar refractivity (Wildman–Crippen MR) is 121 cm³/mol. The Balaban J connectivity index is 2.13. The van der Waals surface area contributed by atoms with Gasteiger partial charge >= 0.3 is 0 Å². The molecule has 0 saturated heterocycles. The van der Waals surface area contributed by atoms with Crippen LogP contribution in [0.1, 0.15) is 5.56 Å². The van der Waals surface area contributed by atoms with Gasteiger partial charge in [-0.25, -0.2) is 8.78 Å². The van der Waals surface area contributed by atoms with Crippen molar-refractivity contribution in [2.75, 3.05) is 21.3 Å². The maximum atomic E-state index is 13.6. The van der Waals surface area contributed by atoms with E-state index in [2.05, 4.69) is 0 Å².